The molecule has 1 amide bonds. The van der Waals surface area contributed by atoms with Crippen molar-refractivity contribution in [2.75, 3.05) is 49.6 Å². The summed E-state index contributed by atoms with van der Waals surface area (Å²) in [7, 11) is 0. The van der Waals surface area contributed by atoms with E-state index in [1.807, 2.05) is 19.9 Å². The van der Waals surface area contributed by atoms with Gasteiger partial charge in [0.05, 0.1) is 18.9 Å². The Hall–Kier alpha value is -2.26. The summed E-state index contributed by atoms with van der Waals surface area (Å²) >= 11 is 1.45. The largest absolute Gasteiger partial charge is 0.378 e. The van der Waals surface area contributed by atoms with Gasteiger partial charge in [-0.05, 0) is 20.3 Å². The van der Waals surface area contributed by atoms with Crippen LogP contribution in [0.3, 0.4) is 0 Å². The molecule has 2 aromatic rings. The molecule has 2 aromatic heterocycles. The third-order valence-electron chi connectivity index (χ3n) is 4.64. The number of thiazole rings is 1. The van der Waals surface area contributed by atoms with Crippen LogP contribution in [0.1, 0.15) is 46.6 Å². The molecule has 9 heteroatoms. The van der Waals surface area contributed by atoms with Crippen LogP contribution >= 0.6 is 11.3 Å². The molecule has 1 aliphatic rings. The van der Waals surface area contributed by atoms with Crippen molar-refractivity contribution in [3.63, 3.8) is 0 Å². The van der Waals surface area contributed by atoms with Gasteiger partial charge in [0.2, 0.25) is 0 Å². The van der Waals surface area contributed by atoms with Gasteiger partial charge in [-0.2, -0.15) is 0 Å². The Balaban J connectivity index is 1.49. The van der Waals surface area contributed by atoms with E-state index in [2.05, 4.69) is 37.4 Å². The zero-order valence-electron chi connectivity index (χ0n) is 17.5. The molecule has 0 unspecified atom stereocenters. The third-order valence-corrected chi connectivity index (χ3v) is 5.86. The lowest BCUT2D eigenvalue weighted by Crippen LogP contribution is -2.36. The quantitative estimate of drug-likeness (QED) is 0.605. The lowest BCUT2D eigenvalue weighted by atomic mass is 10.2. The molecule has 0 aromatic carbocycles. The number of carbonyl (C=O) groups excluding carboxylic acids is 1. The molecule has 2 N–H and O–H groups in total. The molecule has 1 aliphatic heterocycles. The molecule has 3 heterocycles. The second-order valence-corrected chi connectivity index (χ2v) is 8.08. The van der Waals surface area contributed by atoms with E-state index in [4.69, 9.17) is 4.74 Å². The fraction of sp³-hybridized carbons (Fsp3) is 0.600. The molecule has 29 heavy (non-hydrogen) atoms. The van der Waals surface area contributed by atoms with E-state index in [1.54, 1.807) is 0 Å². The summed E-state index contributed by atoms with van der Waals surface area (Å²) in [6.07, 6.45) is 3.09. The number of unbranched alkanes of at least 4 members (excludes halogenated alkanes) is 1. The molecule has 0 spiro atoms. The molecular formula is C20H30N6O2S. The van der Waals surface area contributed by atoms with E-state index in [0.29, 0.717) is 31.2 Å². The maximum Gasteiger partial charge on any atom is 0.263 e. The summed E-state index contributed by atoms with van der Waals surface area (Å²) in [5.74, 6) is 1.60. The van der Waals surface area contributed by atoms with E-state index < -0.39 is 0 Å². The molecule has 8 nitrogen and oxygen atoms in total. The van der Waals surface area contributed by atoms with Gasteiger partial charge in [-0.1, -0.05) is 24.7 Å². The number of hydrogen-bond acceptors (Lipinski definition) is 8. The SMILES string of the molecule is CCCCc1nc(C)cc(NCCNC(=O)c2sc(N3CCOCC3)nc2C)n1. The average molecular weight is 419 g/mol. The Labute approximate surface area is 176 Å². The van der Waals surface area contributed by atoms with E-state index in [9.17, 15) is 4.79 Å². The first-order valence-corrected chi connectivity index (χ1v) is 11.0. The topological polar surface area (TPSA) is 92.3 Å². The maximum atomic E-state index is 12.6. The Morgan fingerprint density at radius 3 is 2.76 bits per heavy atom. The van der Waals surface area contributed by atoms with Crippen LogP contribution < -0.4 is 15.5 Å². The Kier molecular flexibility index (Phi) is 7.76. The van der Waals surface area contributed by atoms with Gasteiger partial charge in [-0.3, -0.25) is 4.79 Å². The Morgan fingerprint density at radius 1 is 1.21 bits per heavy atom. The summed E-state index contributed by atoms with van der Waals surface area (Å²) in [4.78, 5) is 29.0. The average Bonchev–Trinajstić information content (AvgIpc) is 3.11. The van der Waals surface area contributed by atoms with Gasteiger partial charge in [0, 0.05) is 44.4 Å². The summed E-state index contributed by atoms with van der Waals surface area (Å²) in [5, 5.41) is 7.15. The molecule has 0 aliphatic carbocycles. The number of morpholine rings is 1. The first kappa shape index (κ1) is 21.4. The van der Waals surface area contributed by atoms with E-state index in [1.165, 1.54) is 11.3 Å². The van der Waals surface area contributed by atoms with Crippen LogP contribution in [-0.2, 0) is 11.2 Å². The standard InChI is InChI=1S/C20H30N6O2S/c1-4-5-6-16-23-14(2)13-17(25-16)21-7-8-22-19(27)18-15(3)24-20(29-18)26-9-11-28-12-10-26/h13H,4-12H2,1-3H3,(H,22,27)(H,21,23,25). The van der Waals surface area contributed by atoms with Crippen molar-refractivity contribution in [3.05, 3.63) is 28.2 Å². The van der Waals surface area contributed by atoms with Crippen LogP contribution in [0.15, 0.2) is 6.07 Å². The van der Waals surface area contributed by atoms with Crippen molar-refractivity contribution in [2.45, 2.75) is 40.0 Å². The monoisotopic (exact) mass is 418 g/mol. The van der Waals surface area contributed by atoms with E-state index >= 15 is 0 Å². The number of nitrogens with one attached hydrogen (secondary N) is 2. The fourth-order valence-electron chi connectivity index (χ4n) is 3.10. The minimum atomic E-state index is -0.0798. The second-order valence-electron chi connectivity index (χ2n) is 7.11. The van der Waals surface area contributed by atoms with Gasteiger partial charge in [0.25, 0.3) is 5.91 Å². The van der Waals surface area contributed by atoms with Crippen molar-refractivity contribution in [3.8, 4) is 0 Å². The zero-order valence-corrected chi connectivity index (χ0v) is 18.3. The minimum Gasteiger partial charge on any atom is -0.378 e. The van der Waals surface area contributed by atoms with Gasteiger partial charge in [-0.25, -0.2) is 15.0 Å². The number of amides is 1. The van der Waals surface area contributed by atoms with Crippen molar-refractivity contribution < 1.29 is 9.53 Å². The molecule has 3 rings (SSSR count). The van der Waals surface area contributed by atoms with Crippen molar-refractivity contribution in [2.24, 2.45) is 0 Å². The van der Waals surface area contributed by atoms with Crippen LogP contribution in [0.4, 0.5) is 10.9 Å². The van der Waals surface area contributed by atoms with Gasteiger partial charge < -0.3 is 20.3 Å². The van der Waals surface area contributed by atoms with Crippen LogP contribution in [-0.4, -0.2) is 60.3 Å². The highest BCUT2D eigenvalue weighted by Gasteiger charge is 2.20. The fourth-order valence-corrected chi connectivity index (χ4v) is 4.13. The van der Waals surface area contributed by atoms with E-state index in [-0.39, 0.29) is 5.91 Å². The maximum absolute atomic E-state index is 12.6. The van der Waals surface area contributed by atoms with Crippen molar-refractivity contribution >= 4 is 28.2 Å². The molecule has 1 saturated heterocycles. The van der Waals surface area contributed by atoms with Crippen LogP contribution in [0.2, 0.25) is 0 Å². The normalized spacial score (nSPS) is 14.1. The summed E-state index contributed by atoms with van der Waals surface area (Å²) < 4.78 is 5.38. The number of aromatic nitrogens is 3. The number of ether oxygens (including phenoxy) is 1. The summed E-state index contributed by atoms with van der Waals surface area (Å²) in [6, 6.07) is 1.93. The van der Waals surface area contributed by atoms with Gasteiger partial charge >= 0.3 is 0 Å². The highest BCUT2D eigenvalue weighted by Crippen LogP contribution is 2.26. The Bertz CT molecular complexity index is 819. The summed E-state index contributed by atoms with van der Waals surface area (Å²) in [5.41, 5.74) is 1.72. The molecule has 0 bridgehead atoms. The summed E-state index contributed by atoms with van der Waals surface area (Å²) in [6.45, 7) is 10.2. The molecule has 158 valence electrons. The lowest BCUT2D eigenvalue weighted by molar-refractivity contribution is 0.0958. The van der Waals surface area contributed by atoms with Crippen LogP contribution in [0, 0.1) is 13.8 Å². The first-order valence-electron chi connectivity index (χ1n) is 10.2. The smallest absolute Gasteiger partial charge is 0.263 e. The third kappa shape index (κ3) is 6.11. The van der Waals surface area contributed by atoms with Crippen LogP contribution in [0.5, 0.6) is 0 Å². The predicted molar refractivity (Wildman–Crippen MR) is 116 cm³/mol. The number of anilines is 2. The number of carbonyl (C=O) groups is 1. The van der Waals surface area contributed by atoms with E-state index in [0.717, 1.165) is 60.5 Å². The molecule has 0 radical (unpaired) electrons. The molecular weight excluding hydrogens is 388 g/mol. The number of aryl methyl sites for hydroxylation is 3. The zero-order chi connectivity index (χ0) is 20.6. The number of rotatable bonds is 9. The second kappa shape index (κ2) is 10.5. The minimum absolute atomic E-state index is 0.0798. The predicted octanol–water partition coefficient (Wildman–Crippen LogP) is 2.57. The molecule has 1 fully saturated rings. The Morgan fingerprint density at radius 2 is 2.00 bits per heavy atom. The highest BCUT2D eigenvalue weighted by molar-refractivity contribution is 7.17. The lowest BCUT2D eigenvalue weighted by Gasteiger charge is -2.25. The van der Waals surface area contributed by atoms with Crippen molar-refractivity contribution in [1.82, 2.24) is 20.3 Å². The van der Waals surface area contributed by atoms with Gasteiger partial charge in [-0.15, -0.1) is 0 Å². The van der Waals surface area contributed by atoms with Crippen molar-refractivity contribution in [1.29, 1.82) is 0 Å². The molecule has 0 saturated carbocycles. The number of nitrogens with zero attached hydrogens (tertiary/aromatic N) is 4. The first-order chi connectivity index (χ1) is 14.1. The highest BCUT2D eigenvalue weighted by atomic mass is 32.1. The number of hydrogen-bond donors (Lipinski definition) is 2. The molecule has 0 atom stereocenters. The van der Waals surface area contributed by atoms with Crippen LogP contribution in [0.25, 0.3) is 0 Å². The van der Waals surface area contributed by atoms with Gasteiger partial charge in [0.15, 0.2) is 5.13 Å². The van der Waals surface area contributed by atoms with Gasteiger partial charge in [0.1, 0.15) is 16.5 Å².